The molecule has 0 saturated heterocycles. The second-order valence-corrected chi connectivity index (χ2v) is 7.97. The minimum Gasteiger partial charge on any atom is -0.457 e. The summed E-state index contributed by atoms with van der Waals surface area (Å²) in [7, 11) is 0. The topological polar surface area (TPSA) is 125 Å². The molecule has 0 atom stereocenters. The van der Waals surface area contributed by atoms with E-state index in [4.69, 9.17) is 9.83 Å². The Morgan fingerprint density at radius 3 is 2.77 bits per heavy atom. The summed E-state index contributed by atoms with van der Waals surface area (Å²) in [6.07, 6.45) is 3.28. The van der Waals surface area contributed by atoms with E-state index in [-0.39, 0.29) is 23.0 Å². The Kier molecular flexibility index (Phi) is 5.55. The van der Waals surface area contributed by atoms with Gasteiger partial charge in [0.15, 0.2) is 5.84 Å². The van der Waals surface area contributed by atoms with Crippen LogP contribution in [0.2, 0.25) is 0 Å². The number of nitrogens with zero attached hydrogens (tertiary/aromatic N) is 4. The van der Waals surface area contributed by atoms with E-state index in [9.17, 15) is 14.9 Å². The Balaban J connectivity index is 1.62. The number of fused-ring (bicyclic) bond motifs is 1. The molecule has 0 aliphatic carbocycles. The zero-order valence-electron chi connectivity index (χ0n) is 16.9. The Morgan fingerprint density at radius 1 is 1.29 bits per heavy atom. The predicted molar refractivity (Wildman–Crippen MR) is 120 cm³/mol. The van der Waals surface area contributed by atoms with Crippen LogP contribution in [0.3, 0.4) is 0 Å². The number of nitro groups is 1. The molecule has 4 rings (SSSR count). The largest absolute Gasteiger partial charge is 0.457 e. The summed E-state index contributed by atoms with van der Waals surface area (Å²) in [5, 5.41) is 26.6. The first-order valence-corrected chi connectivity index (χ1v) is 10.6. The van der Waals surface area contributed by atoms with E-state index >= 15 is 0 Å². The first kappa shape index (κ1) is 20.7. The van der Waals surface area contributed by atoms with Crippen molar-refractivity contribution in [1.29, 1.82) is 5.41 Å². The smallest absolute Gasteiger partial charge is 0.283 e. The summed E-state index contributed by atoms with van der Waals surface area (Å²) in [6.45, 7) is 4.15. The van der Waals surface area contributed by atoms with Crippen molar-refractivity contribution in [2.45, 2.75) is 26.7 Å². The molecule has 0 unspecified atom stereocenters. The van der Waals surface area contributed by atoms with Gasteiger partial charge >= 0.3 is 0 Å². The number of hydrogen-bond donors (Lipinski definition) is 1. The molecule has 158 valence electrons. The van der Waals surface area contributed by atoms with Crippen LogP contribution < -0.4 is 0 Å². The molecule has 9 nitrogen and oxygen atoms in total. The van der Waals surface area contributed by atoms with Gasteiger partial charge in [-0.15, -0.1) is 0 Å². The van der Waals surface area contributed by atoms with Crippen molar-refractivity contribution in [3.05, 3.63) is 57.8 Å². The maximum atomic E-state index is 12.6. The van der Waals surface area contributed by atoms with Crippen molar-refractivity contribution in [1.82, 2.24) is 5.01 Å². The number of furan rings is 1. The second-order valence-electron chi connectivity index (χ2n) is 6.98. The molecule has 31 heavy (non-hydrogen) atoms. The molecule has 1 amide bonds. The number of non-ortho nitro benzene ring substituents is 1. The van der Waals surface area contributed by atoms with Crippen LogP contribution in [0.25, 0.3) is 17.4 Å². The minimum atomic E-state index is -0.530. The highest BCUT2D eigenvalue weighted by molar-refractivity contribution is 8.27. The normalized spacial score (nSPS) is 17.3. The number of carbonyl (C=O) groups excluding carboxylic acids is 1. The average Bonchev–Trinajstić information content (AvgIpc) is 3.39. The molecule has 0 bridgehead atoms. The lowest BCUT2D eigenvalue weighted by Gasteiger charge is -2.19. The quantitative estimate of drug-likeness (QED) is 0.389. The number of hydrogen-bond acceptors (Lipinski definition) is 7. The van der Waals surface area contributed by atoms with Gasteiger partial charge in [0.2, 0.25) is 5.17 Å². The van der Waals surface area contributed by atoms with E-state index in [2.05, 4.69) is 23.9 Å². The third-order valence-corrected chi connectivity index (χ3v) is 6.13. The highest BCUT2D eigenvalue weighted by atomic mass is 32.2. The van der Waals surface area contributed by atoms with Crippen LogP contribution in [0.15, 0.2) is 56.5 Å². The van der Waals surface area contributed by atoms with Crippen LogP contribution in [0, 0.1) is 21.4 Å². The van der Waals surface area contributed by atoms with Gasteiger partial charge in [-0.1, -0.05) is 26.0 Å². The number of thioether (sulfide) groups is 1. The SMILES string of the molecule is CCC(CC)C1=NN2C(=N)/C(=C/c3ccc(-c4cccc([N+](=O)[O-])c4)o3)C(=O)N=C2S1. The zero-order valence-corrected chi connectivity index (χ0v) is 17.7. The molecule has 1 aromatic carbocycles. The Labute approximate surface area is 182 Å². The summed E-state index contributed by atoms with van der Waals surface area (Å²) in [6, 6.07) is 9.38. The number of carbonyl (C=O) groups is 1. The minimum absolute atomic E-state index is 0.0439. The fraction of sp³-hybridized carbons (Fsp3) is 0.238. The van der Waals surface area contributed by atoms with Crippen molar-refractivity contribution in [3.8, 4) is 11.3 Å². The van der Waals surface area contributed by atoms with Crippen molar-refractivity contribution in [2.24, 2.45) is 16.0 Å². The van der Waals surface area contributed by atoms with Crippen molar-refractivity contribution in [3.63, 3.8) is 0 Å². The lowest BCUT2D eigenvalue weighted by Crippen LogP contribution is -2.35. The first-order chi connectivity index (χ1) is 14.9. The third kappa shape index (κ3) is 3.93. The average molecular weight is 437 g/mol. The molecule has 0 saturated carbocycles. The molecule has 2 aliphatic heterocycles. The van der Waals surface area contributed by atoms with Gasteiger partial charge in [-0.3, -0.25) is 20.3 Å². The summed E-state index contributed by atoms with van der Waals surface area (Å²) in [4.78, 5) is 27.2. The lowest BCUT2D eigenvalue weighted by atomic mass is 10.1. The van der Waals surface area contributed by atoms with Gasteiger partial charge in [-0.2, -0.15) is 15.1 Å². The van der Waals surface area contributed by atoms with Gasteiger partial charge in [-0.25, -0.2) is 0 Å². The number of amides is 1. The van der Waals surface area contributed by atoms with E-state index in [0.717, 1.165) is 17.9 Å². The van der Waals surface area contributed by atoms with E-state index in [1.807, 2.05) is 0 Å². The predicted octanol–water partition coefficient (Wildman–Crippen LogP) is 4.91. The summed E-state index contributed by atoms with van der Waals surface area (Å²) in [5.41, 5.74) is 0.566. The highest BCUT2D eigenvalue weighted by Gasteiger charge is 2.37. The Bertz CT molecular complexity index is 1180. The van der Waals surface area contributed by atoms with Crippen LogP contribution in [-0.4, -0.2) is 31.9 Å². The first-order valence-electron chi connectivity index (χ1n) is 9.76. The molecule has 2 aliphatic rings. The molecule has 3 heterocycles. The van der Waals surface area contributed by atoms with Crippen LogP contribution >= 0.6 is 11.8 Å². The van der Waals surface area contributed by atoms with Gasteiger partial charge in [0.25, 0.3) is 11.6 Å². The van der Waals surface area contributed by atoms with Crippen molar-refractivity contribution >= 4 is 45.5 Å². The van der Waals surface area contributed by atoms with Crippen molar-refractivity contribution < 1.29 is 14.1 Å². The molecule has 2 aromatic rings. The standard InChI is InChI=1S/C21H19N5O4S/c1-3-12(4-2)20-24-25-18(22)16(19(27)23-21(25)31-20)11-15-8-9-17(30-15)13-6-5-7-14(10-13)26(28)29/h5-12,22H,3-4H2,1-2H3/b16-11-,22-18?. The van der Waals surface area contributed by atoms with Crippen LogP contribution in [0.4, 0.5) is 5.69 Å². The fourth-order valence-electron chi connectivity index (χ4n) is 3.31. The van der Waals surface area contributed by atoms with Gasteiger partial charge in [0.1, 0.15) is 16.6 Å². The molecule has 0 fully saturated rings. The summed E-state index contributed by atoms with van der Waals surface area (Å²) < 4.78 is 5.75. The molecular formula is C21H19N5O4S. The number of aliphatic imine (C=N–C) groups is 1. The van der Waals surface area contributed by atoms with Gasteiger partial charge in [0, 0.05) is 23.6 Å². The van der Waals surface area contributed by atoms with E-state index in [1.54, 1.807) is 24.3 Å². The van der Waals surface area contributed by atoms with E-state index in [0.29, 0.717) is 22.3 Å². The second kappa shape index (κ2) is 8.31. The fourth-order valence-corrected chi connectivity index (χ4v) is 4.47. The lowest BCUT2D eigenvalue weighted by molar-refractivity contribution is -0.384. The maximum Gasteiger partial charge on any atom is 0.283 e. The van der Waals surface area contributed by atoms with Gasteiger partial charge in [0.05, 0.1) is 10.5 Å². The number of nitrogens with one attached hydrogen (secondary N) is 1. The number of benzene rings is 1. The number of rotatable bonds is 6. The summed E-state index contributed by atoms with van der Waals surface area (Å²) in [5.74, 6) is 0.426. The number of amidine groups is 2. The van der Waals surface area contributed by atoms with E-state index < -0.39 is 10.8 Å². The number of nitro benzene ring substituents is 1. The Morgan fingerprint density at radius 2 is 2.06 bits per heavy atom. The molecule has 1 aromatic heterocycles. The van der Waals surface area contributed by atoms with Crippen molar-refractivity contribution in [2.75, 3.05) is 0 Å². The molecule has 10 heteroatoms. The van der Waals surface area contributed by atoms with Gasteiger partial charge in [-0.05, 0) is 42.8 Å². The van der Waals surface area contributed by atoms with Crippen LogP contribution in [-0.2, 0) is 4.79 Å². The van der Waals surface area contributed by atoms with Crippen LogP contribution in [0.5, 0.6) is 0 Å². The Hall–Kier alpha value is -3.53. The molecule has 0 radical (unpaired) electrons. The monoisotopic (exact) mass is 437 g/mol. The van der Waals surface area contributed by atoms with Crippen LogP contribution in [0.1, 0.15) is 32.4 Å². The van der Waals surface area contributed by atoms with Gasteiger partial charge < -0.3 is 4.42 Å². The molecular weight excluding hydrogens is 418 g/mol. The molecule has 0 spiro atoms. The maximum absolute atomic E-state index is 12.6. The summed E-state index contributed by atoms with van der Waals surface area (Å²) >= 11 is 1.33. The molecule has 1 N–H and O–H groups in total. The number of hydrazone groups is 1. The van der Waals surface area contributed by atoms with E-state index in [1.165, 1.54) is 35.0 Å². The zero-order chi connectivity index (χ0) is 22.1. The third-order valence-electron chi connectivity index (χ3n) is 5.06. The highest BCUT2D eigenvalue weighted by Crippen LogP contribution is 2.33.